The fourth-order valence-corrected chi connectivity index (χ4v) is 4.30. The average Bonchev–Trinajstić information content (AvgIpc) is 3.26. The van der Waals surface area contributed by atoms with Gasteiger partial charge in [0.25, 0.3) is 0 Å². The highest BCUT2D eigenvalue weighted by Gasteiger charge is 2.16. The number of nitrogens with zero attached hydrogens (tertiary/aromatic N) is 3. The van der Waals surface area contributed by atoms with Crippen molar-refractivity contribution in [3.05, 3.63) is 94.3 Å². The number of hydrogen-bond acceptors (Lipinski definition) is 6. The molecule has 0 fully saturated rings. The first-order valence-corrected chi connectivity index (χ1v) is 11.8. The molecule has 2 N–H and O–H groups in total. The summed E-state index contributed by atoms with van der Waals surface area (Å²) in [5, 5.41) is 10.1. The van der Waals surface area contributed by atoms with Crippen LogP contribution in [0.1, 0.15) is 27.3 Å². The molecule has 0 aliphatic carbocycles. The number of aryl methyl sites for hydroxylation is 1. The summed E-state index contributed by atoms with van der Waals surface area (Å²) in [4.78, 5) is 11.3. The van der Waals surface area contributed by atoms with Crippen LogP contribution in [0.25, 0.3) is 5.69 Å². The Morgan fingerprint density at radius 3 is 2.38 bits per heavy atom. The van der Waals surface area contributed by atoms with Crippen LogP contribution in [0.2, 0.25) is 5.02 Å². The number of primary amides is 1. The van der Waals surface area contributed by atoms with Gasteiger partial charge in [0.1, 0.15) is 18.1 Å². The van der Waals surface area contributed by atoms with Gasteiger partial charge in [-0.25, -0.2) is 0 Å². The normalized spacial score (nSPS) is 10.8. The number of carbonyl (C=O) groups is 1. The Labute approximate surface area is 206 Å². The molecule has 174 valence electrons. The molecule has 0 unspecified atom stereocenters. The van der Waals surface area contributed by atoms with E-state index in [1.54, 1.807) is 19.2 Å². The smallest absolute Gasteiger partial charge is 0.248 e. The van der Waals surface area contributed by atoms with E-state index in [1.807, 2.05) is 66.1 Å². The van der Waals surface area contributed by atoms with Crippen molar-refractivity contribution in [2.24, 2.45) is 5.73 Å². The lowest BCUT2D eigenvalue weighted by Gasteiger charge is -2.12. The second-order valence-electron chi connectivity index (χ2n) is 7.48. The van der Waals surface area contributed by atoms with E-state index >= 15 is 0 Å². The lowest BCUT2D eigenvalue weighted by atomic mass is 10.1. The standard InChI is InChI=1S/C25H23ClN4O3S/c1-16-3-8-19(13-22(16)26)30-23(14-33-21-11-9-20(32-2)10-12-21)28-29-25(30)34-15-17-4-6-18(7-5-17)24(27)31/h3-13H,14-15H2,1-2H3,(H2,27,31). The van der Waals surface area contributed by atoms with E-state index in [-0.39, 0.29) is 6.61 Å². The Hall–Kier alpha value is -3.49. The highest BCUT2D eigenvalue weighted by molar-refractivity contribution is 7.98. The van der Waals surface area contributed by atoms with E-state index < -0.39 is 5.91 Å². The SMILES string of the molecule is COc1ccc(OCc2nnc(SCc3ccc(C(N)=O)cc3)n2-c2ccc(C)c(Cl)c2)cc1. The molecule has 0 saturated carbocycles. The predicted octanol–water partition coefficient (Wildman–Crippen LogP) is 5.21. The molecular weight excluding hydrogens is 472 g/mol. The van der Waals surface area contributed by atoms with E-state index in [1.165, 1.54) is 11.8 Å². The van der Waals surface area contributed by atoms with Crippen LogP contribution in [-0.4, -0.2) is 27.8 Å². The van der Waals surface area contributed by atoms with Crippen LogP contribution in [0.4, 0.5) is 0 Å². The summed E-state index contributed by atoms with van der Waals surface area (Å²) >= 11 is 7.93. The van der Waals surface area contributed by atoms with Crippen LogP contribution >= 0.6 is 23.4 Å². The number of ether oxygens (including phenoxy) is 2. The zero-order chi connectivity index (χ0) is 24.1. The third kappa shape index (κ3) is 5.52. The van der Waals surface area contributed by atoms with Crippen LogP contribution in [-0.2, 0) is 12.4 Å². The number of rotatable bonds is 9. The minimum atomic E-state index is -0.448. The highest BCUT2D eigenvalue weighted by atomic mass is 35.5. The van der Waals surface area contributed by atoms with Crippen LogP contribution in [0.3, 0.4) is 0 Å². The summed E-state index contributed by atoms with van der Waals surface area (Å²) in [7, 11) is 1.62. The Balaban J connectivity index is 1.58. The van der Waals surface area contributed by atoms with E-state index in [9.17, 15) is 4.79 Å². The maximum atomic E-state index is 11.3. The number of benzene rings is 3. The lowest BCUT2D eigenvalue weighted by Crippen LogP contribution is -2.10. The summed E-state index contributed by atoms with van der Waals surface area (Å²) in [6.07, 6.45) is 0. The Bertz CT molecular complexity index is 1290. The van der Waals surface area contributed by atoms with Crippen molar-refractivity contribution in [2.45, 2.75) is 24.4 Å². The number of aromatic nitrogens is 3. The van der Waals surface area contributed by atoms with Crippen LogP contribution in [0.15, 0.2) is 71.9 Å². The molecule has 3 aromatic carbocycles. The first-order chi connectivity index (χ1) is 16.4. The Morgan fingerprint density at radius 2 is 1.74 bits per heavy atom. The summed E-state index contributed by atoms with van der Waals surface area (Å²) < 4.78 is 13.1. The minimum absolute atomic E-state index is 0.221. The van der Waals surface area contributed by atoms with E-state index in [4.69, 9.17) is 26.8 Å². The maximum absolute atomic E-state index is 11.3. The monoisotopic (exact) mass is 494 g/mol. The highest BCUT2D eigenvalue weighted by Crippen LogP contribution is 2.28. The van der Waals surface area contributed by atoms with Gasteiger partial charge < -0.3 is 15.2 Å². The second-order valence-corrected chi connectivity index (χ2v) is 8.83. The number of methoxy groups -OCH3 is 1. The van der Waals surface area contributed by atoms with Crippen molar-refractivity contribution in [1.82, 2.24) is 14.8 Å². The third-order valence-corrected chi connectivity index (χ3v) is 6.56. The Morgan fingerprint density at radius 1 is 1.03 bits per heavy atom. The van der Waals surface area contributed by atoms with Gasteiger partial charge in [-0.3, -0.25) is 9.36 Å². The molecule has 34 heavy (non-hydrogen) atoms. The van der Waals surface area contributed by atoms with Gasteiger partial charge in [0.05, 0.1) is 12.8 Å². The fourth-order valence-electron chi connectivity index (χ4n) is 3.20. The largest absolute Gasteiger partial charge is 0.497 e. The summed E-state index contributed by atoms with van der Waals surface area (Å²) in [6, 6.07) is 20.4. The van der Waals surface area contributed by atoms with E-state index in [0.717, 1.165) is 22.6 Å². The first-order valence-electron chi connectivity index (χ1n) is 10.4. The van der Waals surface area contributed by atoms with Gasteiger partial charge in [-0.2, -0.15) is 0 Å². The van der Waals surface area contributed by atoms with Gasteiger partial charge in [-0.05, 0) is 66.6 Å². The maximum Gasteiger partial charge on any atom is 0.248 e. The van der Waals surface area contributed by atoms with Gasteiger partial charge in [-0.15, -0.1) is 10.2 Å². The average molecular weight is 495 g/mol. The molecule has 9 heteroatoms. The van der Waals surface area contributed by atoms with Gasteiger partial charge in [-0.1, -0.05) is 41.6 Å². The topological polar surface area (TPSA) is 92.3 Å². The van der Waals surface area contributed by atoms with Crippen molar-refractivity contribution < 1.29 is 14.3 Å². The molecule has 1 aromatic heterocycles. The zero-order valence-corrected chi connectivity index (χ0v) is 20.3. The molecular formula is C25H23ClN4O3S. The van der Waals surface area contributed by atoms with E-state index in [0.29, 0.717) is 33.1 Å². The van der Waals surface area contributed by atoms with Crippen molar-refractivity contribution in [3.8, 4) is 17.2 Å². The lowest BCUT2D eigenvalue weighted by molar-refractivity contribution is 0.100. The number of thioether (sulfide) groups is 1. The van der Waals surface area contributed by atoms with Crippen LogP contribution in [0, 0.1) is 6.92 Å². The third-order valence-electron chi connectivity index (χ3n) is 5.15. The van der Waals surface area contributed by atoms with Crippen molar-refractivity contribution >= 4 is 29.3 Å². The molecule has 0 aliphatic heterocycles. The molecule has 0 spiro atoms. The van der Waals surface area contributed by atoms with Crippen LogP contribution < -0.4 is 15.2 Å². The minimum Gasteiger partial charge on any atom is -0.497 e. The summed E-state index contributed by atoms with van der Waals surface area (Å²) in [5.41, 5.74) is 8.67. The first kappa shape index (κ1) is 23.7. The molecule has 4 rings (SSSR count). The molecule has 0 bridgehead atoms. The molecule has 0 atom stereocenters. The number of hydrogen-bond donors (Lipinski definition) is 1. The predicted molar refractivity (Wildman–Crippen MR) is 133 cm³/mol. The van der Waals surface area contributed by atoms with Gasteiger partial charge in [0.15, 0.2) is 11.0 Å². The fraction of sp³-hybridized carbons (Fsp3) is 0.160. The van der Waals surface area contributed by atoms with Crippen molar-refractivity contribution in [1.29, 1.82) is 0 Å². The van der Waals surface area contributed by atoms with Gasteiger partial charge in [0.2, 0.25) is 5.91 Å². The molecule has 7 nitrogen and oxygen atoms in total. The molecule has 0 saturated heterocycles. The molecule has 4 aromatic rings. The number of carbonyl (C=O) groups excluding carboxylic acids is 1. The number of amides is 1. The number of nitrogens with two attached hydrogens (primary N) is 1. The van der Waals surface area contributed by atoms with Crippen molar-refractivity contribution in [2.75, 3.05) is 7.11 Å². The Kier molecular flexibility index (Phi) is 7.40. The van der Waals surface area contributed by atoms with Crippen LogP contribution in [0.5, 0.6) is 11.5 Å². The zero-order valence-electron chi connectivity index (χ0n) is 18.7. The molecule has 0 aliphatic rings. The quantitative estimate of drug-likeness (QED) is 0.321. The summed E-state index contributed by atoms with van der Waals surface area (Å²) in [5.74, 6) is 2.28. The van der Waals surface area contributed by atoms with Gasteiger partial charge >= 0.3 is 0 Å². The molecule has 1 heterocycles. The van der Waals surface area contributed by atoms with Gasteiger partial charge in [0, 0.05) is 16.3 Å². The number of halogens is 1. The molecule has 0 radical (unpaired) electrons. The van der Waals surface area contributed by atoms with Crippen molar-refractivity contribution in [3.63, 3.8) is 0 Å². The second kappa shape index (κ2) is 10.6. The summed E-state index contributed by atoms with van der Waals surface area (Å²) in [6.45, 7) is 2.18. The molecule has 1 amide bonds. The van der Waals surface area contributed by atoms with E-state index in [2.05, 4.69) is 10.2 Å².